The van der Waals surface area contributed by atoms with Gasteiger partial charge in [0.2, 0.25) is 5.91 Å². The van der Waals surface area contributed by atoms with Crippen molar-refractivity contribution in [1.82, 2.24) is 10.2 Å². The number of benzene rings is 2. The quantitative estimate of drug-likeness (QED) is 0.751. The number of hydrogen-bond acceptors (Lipinski definition) is 3. The van der Waals surface area contributed by atoms with Crippen LogP contribution in [0, 0.1) is 6.92 Å². The number of amides is 2. The van der Waals surface area contributed by atoms with Gasteiger partial charge in [0, 0.05) is 18.1 Å². The molecule has 0 bridgehead atoms. The number of nitrogens with zero attached hydrogens (tertiary/aromatic N) is 1. The average molecular weight is 389 g/mol. The third kappa shape index (κ3) is 6.29. The summed E-state index contributed by atoms with van der Waals surface area (Å²) in [6.45, 7) is 6.20. The molecule has 2 aromatic rings. The molecule has 2 aromatic carbocycles. The third-order valence-electron chi connectivity index (χ3n) is 4.17. The summed E-state index contributed by atoms with van der Waals surface area (Å²) in [7, 11) is 0. The van der Waals surface area contributed by atoms with Gasteiger partial charge in [-0.1, -0.05) is 41.4 Å². The number of halogens is 1. The van der Waals surface area contributed by atoms with Crippen LogP contribution < -0.4 is 10.1 Å². The molecule has 0 saturated carbocycles. The van der Waals surface area contributed by atoms with Crippen molar-refractivity contribution in [1.29, 1.82) is 0 Å². The molecule has 144 valence electrons. The first kappa shape index (κ1) is 20.8. The maximum absolute atomic E-state index is 12.8. The number of rotatable bonds is 8. The Morgan fingerprint density at radius 2 is 1.74 bits per heavy atom. The molecule has 0 aromatic heterocycles. The van der Waals surface area contributed by atoms with Gasteiger partial charge in [0.15, 0.2) is 6.61 Å². The summed E-state index contributed by atoms with van der Waals surface area (Å²) < 4.78 is 5.61. The van der Waals surface area contributed by atoms with Crippen molar-refractivity contribution >= 4 is 23.4 Å². The first-order chi connectivity index (χ1) is 12.9. The molecule has 0 heterocycles. The second-order valence-electron chi connectivity index (χ2n) is 6.32. The van der Waals surface area contributed by atoms with E-state index >= 15 is 0 Å². The Morgan fingerprint density at radius 1 is 1.11 bits per heavy atom. The fraction of sp³-hybridized carbons (Fsp3) is 0.333. The highest BCUT2D eigenvalue weighted by Crippen LogP contribution is 2.15. The smallest absolute Gasteiger partial charge is 0.261 e. The Balaban J connectivity index is 2.11. The van der Waals surface area contributed by atoms with Gasteiger partial charge in [0.1, 0.15) is 11.8 Å². The van der Waals surface area contributed by atoms with Crippen molar-refractivity contribution in [2.75, 3.05) is 13.2 Å². The normalized spacial score (nSPS) is 11.6. The van der Waals surface area contributed by atoms with Crippen molar-refractivity contribution in [2.24, 2.45) is 0 Å². The van der Waals surface area contributed by atoms with E-state index in [1.54, 1.807) is 19.1 Å². The monoisotopic (exact) mass is 388 g/mol. The van der Waals surface area contributed by atoms with E-state index in [9.17, 15) is 9.59 Å². The Morgan fingerprint density at radius 3 is 2.33 bits per heavy atom. The maximum Gasteiger partial charge on any atom is 0.261 e. The first-order valence-electron chi connectivity index (χ1n) is 8.91. The lowest BCUT2D eigenvalue weighted by atomic mass is 10.1. The molecule has 0 radical (unpaired) electrons. The van der Waals surface area contributed by atoms with E-state index in [1.807, 2.05) is 50.2 Å². The summed E-state index contributed by atoms with van der Waals surface area (Å²) in [6, 6.07) is 14.1. The summed E-state index contributed by atoms with van der Waals surface area (Å²) in [6.07, 6.45) is 0. The van der Waals surface area contributed by atoms with E-state index in [0.717, 1.165) is 11.1 Å². The highest BCUT2D eigenvalue weighted by atomic mass is 35.5. The molecule has 0 aliphatic heterocycles. The number of carbonyl (C=O) groups excluding carboxylic acids is 2. The molecule has 0 aliphatic rings. The minimum Gasteiger partial charge on any atom is -0.484 e. The van der Waals surface area contributed by atoms with Crippen molar-refractivity contribution in [3.63, 3.8) is 0 Å². The van der Waals surface area contributed by atoms with Gasteiger partial charge in [-0.05, 0) is 50.6 Å². The number of hydrogen-bond donors (Lipinski definition) is 1. The Labute approximate surface area is 165 Å². The van der Waals surface area contributed by atoms with Crippen molar-refractivity contribution in [3.05, 3.63) is 64.7 Å². The molecule has 0 aliphatic carbocycles. The summed E-state index contributed by atoms with van der Waals surface area (Å²) in [5, 5.41) is 3.38. The van der Waals surface area contributed by atoms with Crippen molar-refractivity contribution in [2.45, 2.75) is 33.4 Å². The molecule has 0 saturated heterocycles. The molecule has 2 rings (SSSR count). The largest absolute Gasteiger partial charge is 0.484 e. The Bertz CT molecular complexity index is 760. The topological polar surface area (TPSA) is 58.6 Å². The molecule has 0 fully saturated rings. The van der Waals surface area contributed by atoms with Gasteiger partial charge in [0.25, 0.3) is 5.91 Å². The fourth-order valence-corrected chi connectivity index (χ4v) is 2.68. The second-order valence-corrected chi connectivity index (χ2v) is 6.76. The van der Waals surface area contributed by atoms with Crippen LogP contribution in [0.25, 0.3) is 0 Å². The van der Waals surface area contributed by atoms with Gasteiger partial charge in [-0.25, -0.2) is 0 Å². The van der Waals surface area contributed by atoms with E-state index in [1.165, 1.54) is 4.90 Å². The molecular formula is C21H25ClN2O3. The lowest BCUT2D eigenvalue weighted by molar-refractivity contribution is -0.142. The molecule has 2 amide bonds. The van der Waals surface area contributed by atoms with Crippen LogP contribution >= 0.6 is 11.6 Å². The highest BCUT2D eigenvalue weighted by Gasteiger charge is 2.26. The first-order valence-corrected chi connectivity index (χ1v) is 9.29. The van der Waals surface area contributed by atoms with E-state index in [-0.39, 0.29) is 18.4 Å². The van der Waals surface area contributed by atoms with Gasteiger partial charge in [0.05, 0.1) is 0 Å². The molecule has 0 spiro atoms. The van der Waals surface area contributed by atoms with Crippen LogP contribution in [-0.4, -0.2) is 35.9 Å². The van der Waals surface area contributed by atoms with Crippen molar-refractivity contribution < 1.29 is 14.3 Å². The van der Waals surface area contributed by atoms with Crippen LogP contribution in [0.1, 0.15) is 25.0 Å². The van der Waals surface area contributed by atoms with Crippen LogP contribution in [0.2, 0.25) is 5.02 Å². The molecule has 1 N–H and O–H groups in total. The predicted molar refractivity (Wildman–Crippen MR) is 107 cm³/mol. The summed E-state index contributed by atoms with van der Waals surface area (Å²) in [5.74, 6) is 0.158. The number of nitrogens with one attached hydrogen (secondary N) is 1. The van der Waals surface area contributed by atoms with E-state index in [0.29, 0.717) is 23.9 Å². The minimum absolute atomic E-state index is 0.138. The molecular weight excluding hydrogens is 364 g/mol. The SMILES string of the molecule is CCNC(=O)C(C)N(Cc1ccc(Cl)cc1)C(=O)COc1ccc(C)cc1. The number of carbonyl (C=O) groups is 2. The zero-order valence-electron chi connectivity index (χ0n) is 15.9. The fourth-order valence-electron chi connectivity index (χ4n) is 2.55. The van der Waals surface area contributed by atoms with Crippen LogP contribution in [0.5, 0.6) is 5.75 Å². The predicted octanol–water partition coefficient (Wildman–Crippen LogP) is 3.58. The van der Waals surface area contributed by atoms with E-state index in [2.05, 4.69) is 5.32 Å². The van der Waals surface area contributed by atoms with Gasteiger partial charge in [-0.2, -0.15) is 0 Å². The van der Waals surface area contributed by atoms with Gasteiger partial charge in [-0.3, -0.25) is 9.59 Å². The van der Waals surface area contributed by atoms with E-state index < -0.39 is 6.04 Å². The third-order valence-corrected chi connectivity index (χ3v) is 4.42. The summed E-state index contributed by atoms with van der Waals surface area (Å²) in [4.78, 5) is 26.6. The minimum atomic E-state index is -0.616. The number of aryl methyl sites for hydroxylation is 1. The zero-order chi connectivity index (χ0) is 19.8. The highest BCUT2D eigenvalue weighted by molar-refractivity contribution is 6.30. The average Bonchev–Trinajstić information content (AvgIpc) is 2.66. The van der Waals surface area contributed by atoms with E-state index in [4.69, 9.17) is 16.3 Å². The van der Waals surface area contributed by atoms with Crippen molar-refractivity contribution in [3.8, 4) is 5.75 Å². The summed E-state index contributed by atoms with van der Waals surface area (Å²) in [5.41, 5.74) is 2.00. The Kier molecular flexibility index (Phi) is 7.67. The van der Waals surface area contributed by atoms with Crippen LogP contribution in [0.4, 0.5) is 0 Å². The molecule has 1 unspecified atom stereocenters. The standard InChI is InChI=1S/C21H25ClN2O3/c1-4-23-21(26)16(3)24(13-17-7-9-18(22)10-8-17)20(25)14-27-19-11-5-15(2)6-12-19/h5-12,16H,4,13-14H2,1-3H3,(H,23,26). The number of likely N-dealkylation sites (N-methyl/N-ethyl adjacent to an activating group) is 1. The molecule has 27 heavy (non-hydrogen) atoms. The molecule has 5 nitrogen and oxygen atoms in total. The summed E-state index contributed by atoms with van der Waals surface area (Å²) >= 11 is 5.93. The lowest BCUT2D eigenvalue weighted by Crippen LogP contribution is -2.49. The number of ether oxygens (including phenoxy) is 1. The lowest BCUT2D eigenvalue weighted by Gasteiger charge is -2.28. The zero-order valence-corrected chi connectivity index (χ0v) is 16.6. The second kappa shape index (κ2) is 9.97. The van der Waals surface area contributed by atoms with Gasteiger partial charge in [-0.15, -0.1) is 0 Å². The van der Waals surface area contributed by atoms with Crippen LogP contribution in [0.3, 0.4) is 0 Å². The maximum atomic E-state index is 12.8. The molecule has 6 heteroatoms. The van der Waals surface area contributed by atoms with Gasteiger partial charge < -0.3 is 15.0 Å². The molecule has 1 atom stereocenters. The van der Waals surface area contributed by atoms with Crippen LogP contribution in [-0.2, 0) is 16.1 Å². The Hall–Kier alpha value is -2.53. The van der Waals surface area contributed by atoms with Gasteiger partial charge >= 0.3 is 0 Å². The van der Waals surface area contributed by atoms with Crippen LogP contribution in [0.15, 0.2) is 48.5 Å².